The molecule has 0 fully saturated rings. The molecule has 6 nitrogen and oxygen atoms in total. The molecule has 0 atom stereocenters. The van der Waals surface area contributed by atoms with Gasteiger partial charge in [-0.1, -0.05) is 29.4 Å². The number of rotatable bonds is 4. The third kappa shape index (κ3) is 3.62. The number of alkyl halides is 3. The SMILES string of the molecule is FC(F)(F)c1nc(-c2ccc(CNc3cncnc3)cc2)no1. The Morgan fingerprint density at radius 2 is 1.74 bits per heavy atom. The first kappa shape index (κ1) is 14.9. The van der Waals surface area contributed by atoms with Gasteiger partial charge in [-0.15, -0.1) is 0 Å². The second-order valence-corrected chi connectivity index (χ2v) is 4.60. The van der Waals surface area contributed by atoms with Gasteiger partial charge in [0.1, 0.15) is 6.33 Å². The maximum atomic E-state index is 12.4. The van der Waals surface area contributed by atoms with Crippen molar-refractivity contribution in [3.05, 3.63) is 54.4 Å². The first-order chi connectivity index (χ1) is 11.0. The molecule has 118 valence electrons. The third-order valence-corrected chi connectivity index (χ3v) is 2.94. The fourth-order valence-electron chi connectivity index (χ4n) is 1.82. The first-order valence-electron chi connectivity index (χ1n) is 6.51. The zero-order valence-electron chi connectivity index (χ0n) is 11.6. The average molecular weight is 321 g/mol. The van der Waals surface area contributed by atoms with Gasteiger partial charge in [0.05, 0.1) is 18.1 Å². The van der Waals surface area contributed by atoms with E-state index in [1.54, 1.807) is 36.7 Å². The summed E-state index contributed by atoms with van der Waals surface area (Å²) in [6, 6.07) is 6.78. The van der Waals surface area contributed by atoms with Crippen molar-refractivity contribution in [3.8, 4) is 11.4 Å². The molecule has 2 heterocycles. The van der Waals surface area contributed by atoms with Crippen LogP contribution in [0.1, 0.15) is 11.5 Å². The van der Waals surface area contributed by atoms with E-state index in [9.17, 15) is 13.2 Å². The minimum absolute atomic E-state index is 0.103. The standard InChI is InChI=1S/C14H10F3N5O/c15-14(16,17)13-21-12(22-23-13)10-3-1-9(2-4-10)5-20-11-6-18-8-19-7-11/h1-4,6-8,20H,5H2. The summed E-state index contributed by atoms with van der Waals surface area (Å²) >= 11 is 0. The largest absolute Gasteiger partial charge is 0.471 e. The van der Waals surface area contributed by atoms with Crippen LogP contribution >= 0.6 is 0 Å². The van der Waals surface area contributed by atoms with Crippen molar-refractivity contribution in [2.45, 2.75) is 12.7 Å². The first-order valence-corrected chi connectivity index (χ1v) is 6.51. The van der Waals surface area contributed by atoms with Crippen LogP contribution in [0.25, 0.3) is 11.4 Å². The van der Waals surface area contributed by atoms with E-state index in [0.717, 1.165) is 11.3 Å². The van der Waals surface area contributed by atoms with Gasteiger partial charge < -0.3 is 9.84 Å². The molecule has 0 spiro atoms. The molecule has 0 aliphatic heterocycles. The molecule has 0 aliphatic carbocycles. The average Bonchev–Trinajstić information content (AvgIpc) is 3.05. The molecular weight excluding hydrogens is 311 g/mol. The highest BCUT2D eigenvalue weighted by atomic mass is 19.4. The van der Waals surface area contributed by atoms with Crippen LogP contribution in [0.5, 0.6) is 0 Å². The highest BCUT2D eigenvalue weighted by Crippen LogP contribution is 2.29. The molecular formula is C14H10F3N5O. The Bertz CT molecular complexity index is 771. The molecule has 23 heavy (non-hydrogen) atoms. The van der Waals surface area contributed by atoms with Crippen molar-refractivity contribution in [1.29, 1.82) is 0 Å². The normalized spacial score (nSPS) is 11.4. The zero-order valence-corrected chi connectivity index (χ0v) is 11.6. The van der Waals surface area contributed by atoms with Crippen molar-refractivity contribution in [2.24, 2.45) is 0 Å². The van der Waals surface area contributed by atoms with Gasteiger partial charge in [0.2, 0.25) is 5.82 Å². The second-order valence-electron chi connectivity index (χ2n) is 4.60. The monoisotopic (exact) mass is 321 g/mol. The number of hydrogen-bond donors (Lipinski definition) is 1. The number of halogens is 3. The van der Waals surface area contributed by atoms with Crippen LogP contribution in [0, 0.1) is 0 Å². The Morgan fingerprint density at radius 3 is 2.35 bits per heavy atom. The number of anilines is 1. The predicted octanol–water partition coefficient (Wildman–Crippen LogP) is 3.16. The van der Waals surface area contributed by atoms with Crippen molar-refractivity contribution < 1.29 is 17.7 Å². The van der Waals surface area contributed by atoms with Crippen molar-refractivity contribution in [2.75, 3.05) is 5.32 Å². The lowest BCUT2D eigenvalue weighted by Crippen LogP contribution is -2.04. The maximum Gasteiger partial charge on any atom is 0.471 e. The molecule has 3 aromatic rings. The number of benzene rings is 1. The number of nitrogens with one attached hydrogen (secondary N) is 1. The van der Waals surface area contributed by atoms with Gasteiger partial charge >= 0.3 is 12.1 Å². The Morgan fingerprint density at radius 1 is 1.04 bits per heavy atom. The van der Waals surface area contributed by atoms with E-state index in [1.165, 1.54) is 6.33 Å². The molecule has 0 bridgehead atoms. The minimum Gasteiger partial charge on any atom is -0.378 e. The lowest BCUT2D eigenvalue weighted by Gasteiger charge is -2.05. The van der Waals surface area contributed by atoms with Crippen LogP contribution in [0.3, 0.4) is 0 Å². The summed E-state index contributed by atoms with van der Waals surface area (Å²) in [5.41, 5.74) is 2.14. The topological polar surface area (TPSA) is 76.7 Å². The van der Waals surface area contributed by atoms with Crippen molar-refractivity contribution in [1.82, 2.24) is 20.1 Å². The van der Waals surface area contributed by atoms with Crippen molar-refractivity contribution in [3.63, 3.8) is 0 Å². The predicted molar refractivity (Wildman–Crippen MR) is 74.1 cm³/mol. The van der Waals surface area contributed by atoms with Gasteiger partial charge in [-0.25, -0.2) is 9.97 Å². The van der Waals surface area contributed by atoms with Crippen LogP contribution in [0.15, 0.2) is 47.5 Å². The number of aromatic nitrogens is 4. The molecule has 3 rings (SSSR count). The Hall–Kier alpha value is -2.97. The van der Waals surface area contributed by atoms with E-state index < -0.39 is 12.1 Å². The highest BCUT2D eigenvalue weighted by molar-refractivity contribution is 5.55. The zero-order chi connectivity index (χ0) is 16.3. The molecule has 9 heteroatoms. The molecule has 0 unspecified atom stereocenters. The van der Waals surface area contributed by atoms with Gasteiger partial charge in [-0.05, 0) is 5.56 Å². The number of nitrogens with zero attached hydrogens (tertiary/aromatic N) is 4. The Balaban J connectivity index is 1.68. The van der Waals surface area contributed by atoms with E-state index in [-0.39, 0.29) is 5.82 Å². The van der Waals surface area contributed by atoms with Crippen LogP contribution < -0.4 is 5.32 Å². The fraction of sp³-hybridized carbons (Fsp3) is 0.143. The van der Waals surface area contributed by atoms with Crippen LogP contribution in [0.4, 0.5) is 18.9 Å². The van der Waals surface area contributed by atoms with Gasteiger partial charge in [0.25, 0.3) is 0 Å². The number of hydrogen-bond acceptors (Lipinski definition) is 6. The molecule has 1 aromatic carbocycles. The van der Waals surface area contributed by atoms with E-state index in [4.69, 9.17) is 0 Å². The summed E-state index contributed by atoms with van der Waals surface area (Å²) in [5, 5.41) is 6.46. The van der Waals surface area contributed by atoms with E-state index in [0.29, 0.717) is 12.1 Å². The highest BCUT2D eigenvalue weighted by Gasteiger charge is 2.38. The molecule has 0 saturated carbocycles. The van der Waals surface area contributed by atoms with E-state index >= 15 is 0 Å². The summed E-state index contributed by atoms with van der Waals surface area (Å²) in [6.07, 6.45) is 0.0612. The second kappa shape index (κ2) is 6.03. The summed E-state index contributed by atoms with van der Waals surface area (Å²) in [5.74, 6) is -1.46. The molecule has 0 aliphatic rings. The van der Waals surface area contributed by atoms with Crippen LogP contribution in [-0.4, -0.2) is 20.1 Å². The van der Waals surface area contributed by atoms with Gasteiger partial charge in [-0.2, -0.15) is 18.2 Å². The minimum atomic E-state index is -4.65. The molecule has 1 N–H and O–H groups in total. The maximum absolute atomic E-state index is 12.4. The smallest absolute Gasteiger partial charge is 0.378 e. The summed E-state index contributed by atoms with van der Waals surface area (Å²) in [6.45, 7) is 0.522. The van der Waals surface area contributed by atoms with Gasteiger partial charge in [0.15, 0.2) is 0 Å². The fourth-order valence-corrected chi connectivity index (χ4v) is 1.82. The van der Waals surface area contributed by atoms with Crippen molar-refractivity contribution >= 4 is 5.69 Å². The Kier molecular flexibility index (Phi) is 3.92. The van der Waals surface area contributed by atoms with E-state index in [1.807, 2.05) is 0 Å². The van der Waals surface area contributed by atoms with Gasteiger partial charge in [0, 0.05) is 12.1 Å². The van der Waals surface area contributed by atoms with E-state index in [2.05, 4.69) is 29.9 Å². The Labute approximate surface area is 128 Å². The van der Waals surface area contributed by atoms with Crippen LogP contribution in [0.2, 0.25) is 0 Å². The van der Waals surface area contributed by atoms with Gasteiger partial charge in [-0.3, -0.25) is 0 Å². The third-order valence-electron chi connectivity index (χ3n) is 2.94. The summed E-state index contributed by atoms with van der Waals surface area (Å²) < 4.78 is 41.5. The summed E-state index contributed by atoms with van der Waals surface area (Å²) in [4.78, 5) is 11.1. The molecule has 0 radical (unpaired) electrons. The molecule has 0 amide bonds. The molecule has 2 aromatic heterocycles. The van der Waals surface area contributed by atoms with Crippen LogP contribution in [-0.2, 0) is 12.7 Å². The lowest BCUT2D eigenvalue weighted by molar-refractivity contribution is -0.159. The quantitative estimate of drug-likeness (QED) is 0.795. The molecule has 0 saturated heterocycles. The summed E-state index contributed by atoms with van der Waals surface area (Å²) in [7, 11) is 0. The lowest BCUT2D eigenvalue weighted by atomic mass is 10.1.